The highest BCUT2D eigenvalue weighted by atomic mass is 32.1. The minimum absolute atomic E-state index is 0.442. The van der Waals surface area contributed by atoms with Crippen molar-refractivity contribution in [1.82, 2.24) is 19.7 Å². The number of piperidine rings is 1. The number of H-pyrrole nitrogens is 1. The molecule has 3 rings (SSSR count). The summed E-state index contributed by atoms with van der Waals surface area (Å²) in [5.41, 5.74) is 0. The average molecular weight is 294 g/mol. The van der Waals surface area contributed by atoms with Gasteiger partial charge in [-0.05, 0) is 49.6 Å². The van der Waals surface area contributed by atoms with E-state index in [0.29, 0.717) is 6.04 Å². The molecular formula is C13H18N4S2. The normalized spacial score (nSPS) is 20.8. The summed E-state index contributed by atoms with van der Waals surface area (Å²) >= 11 is 7.14. The Morgan fingerprint density at radius 3 is 3.21 bits per heavy atom. The fraction of sp³-hybridized carbons (Fsp3) is 0.538. The largest absolute Gasteiger partial charge is 0.302 e. The highest BCUT2D eigenvalue weighted by molar-refractivity contribution is 7.71. The van der Waals surface area contributed by atoms with Gasteiger partial charge in [0, 0.05) is 6.54 Å². The molecule has 0 bridgehead atoms. The Morgan fingerprint density at radius 2 is 2.47 bits per heavy atom. The molecular weight excluding hydrogens is 276 g/mol. The Labute approximate surface area is 122 Å². The van der Waals surface area contributed by atoms with E-state index in [4.69, 9.17) is 12.2 Å². The lowest BCUT2D eigenvalue weighted by Crippen LogP contribution is -2.36. The van der Waals surface area contributed by atoms with Crippen molar-refractivity contribution in [3.05, 3.63) is 22.3 Å². The Balaban J connectivity index is 1.96. The number of thiophene rings is 1. The van der Waals surface area contributed by atoms with Gasteiger partial charge in [0.15, 0.2) is 10.6 Å². The number of nitrogens with one attached hydrogen (secondary N) is 1. The van der Waals surface area contributed by atoms with E-state index in [1.54, 1.807) is 11.3 Å². The topological polar surface area (TPSA) is 36.9 Å². The van der Waals surface area contributed by atoms with Gasteiger partial charge in [0.05, 0.1) is 10.9 Å². The minimum Gasteiger partial charge on any atom is -0.302 e. The molecule has 1 fully saturated rings. The third-order valence-corrected chi connectivity index (χ3v) is 4.89. The van der Waals surface area contributed by atoms with Crippen molar-refractivity contribution in [2.75, 3.05) is 19.6 Å². The molecule has 1 saturated heterocycles. The first-order chi connectivity index (χ1) is 9.29. The molecule has 1 aliphatic heterocycles. The maximum Gasteiger partial charge on any atom is 0.195 e. The summed E-state index contributed by atoms with van der Waals surface area (Å²) < 4.78 is 2.95. The molecule has 0 spiro atoms. The first kappa shape index (κ1) is 13.0. The first-order valence-electron chi connectivity index (χ1n) is 6.72. The van der Waals surface area contributed by atoms with Crippen LogP contribution in [0.3, 0.4) is 0 Å². The minimum atomic E-state index is 0.442. The fourth-order valence-electron chi connectivity index (χ4n) is 2.75. The number of nitrogens with zero attached hydrogens (tertiary/aromatic N) is 3. The average Bonchev–Trinajstić information content (AvgIpc) is 3.07. The summed E-state index contributed by atoms with van der Waals surface area (Å²) in [7, 11) is 0. The van der Waals surface area contributed by atoms with E-state index in [2.05, 4.69) is 44.1 Å². The van der Waals surface area contributed by atoms with Crippen molar-refractivity contribution in [1.29, 1.82) is 0 Å². The van der Waals surface area contributed by atoms with Gasteiger partial charge in [-0.2, -0.15) is 5.10 Å². The molecule has 1 unspecified atom stereocenters. The smallest absolute Gasteiger partial charge is 0.195 e. The van der Waals surface area contributed by atoms with E-state index in [-0.39, 0.29) is 0 Å². The number of hydrogen-bond donors (Lipinski definition) is 1. The highest BCUT2D eigenvalue weighted by Crippen LogP contribution is 2.29. The quantitative estimate of drug-likeness (QED) is 0.882. The third-order valence-electron chi connectivity index (χ3n) is 3.74. The van der Waals surface area contributed by atoms with E-state index in [0.717, 1.165) is 23.7 Å². The molecule has 0 aliphatic carbocycles. The lowest BCUT2D eigenvalue weighted by atomic mass is 10.1. The van der Waals surface area contributed by atoms with Crippen LogP contribution in [0.2, 0.25) is 0 Å². The van der Waals surface area contributed by atoms with Crippen LogP contribution in [-0.4, -0.2) is 39.3 Å². The lowest BCUT2D eigenvalue weighted by molar-refractivity contribution is 0.185. The second kappa shape index (κ2) is 5.56. The van der Waals surface area contributed by atoms with E-state index < -0.39 is 0 Å². The van der Waals surface area contributed by atoms with Crippen LogP contribution >= 0.6 is 23.6 Å². The summed E-state index contributed by atoms with van der Waals surface area (Å²) in [5, 5.41) is 9.46. The summed E-state index contributed by atoms with van der Waals surface area (Å²) in [6.45, 7) is 5.60. The number of aromatic amines is 1. The van der Waals surface area contributed by atoms with Crippen LogP contribution in [0.15, 0.2) is 17.5 Å². The highest BCUT2D eigenvalue weighted by Gasteiger charge is 2.24. The van der Waals surface area contributed by atoms with Crippen molar-refractivity contribution in [3.8, 4) is 10.7 Å². The Morgan fingerprint density at radius 1 is 1.58 bits per heavy atom. The summed E-state index contributed by atoms with van der Waals surface area (Å²) in [6.07, 6.45) is 2.41. The molecule has 2 aromatic heterocycles. The molecule has 19 heavy (non-hydrogen) atoms. The Bertz CT molecular complexity index is 584. The predicted octanol–water partition coefficient (Wildman–Crippen LogP) is 3.33. The van der Waals surface area contributed by atoms with Gasteiger partial charge < -0.3 is 4.90 Å². The van der Waals surface area contributed by atoms with E-state index in [1.807, 2.05) is 0 Å². The Hall–Kier alpha value is -0.980. The van der Waals surface area contributed by atoms with Crippen LogP contribution in [-0.2, 0) is 0 Å². The predicted molar refractivity (Wildman–Crippen MR) is 81.1 cm³/mol. The second-order valence-corrected chi connectivity index (χ2v) is 6.22. The number of aromatic nitrogens is 3. The standard InChI is InChI=1S/C13H18N4S2/c1-2-16-7-3-5-10(9-16)17-12(14-15-13(17)18)11-6-4-8-19-11/h4,6,8,10H,2-3,5,7,9H2,1H3,(H,15,18). The molecule has 0 saturated carbocycles. The van der Waals surface area contributed by atoms with E-state index in [9.17, 15) is 0 Å². The van der Waals surface area contributed by atoms with Crippen LogP contribution in [0, 0.1) is 4.77 Å². The molecule has 102 valence electrons. The van der Waals surface area contributed by atoms with Crippen LogP contribution < -0.4 is 0 Å². The molecule has 1 aliphatic rings. The van der Waals surface area contributed by atoms with Crippen molar-refractivity contribution < 1.29 is 0 Å². The Kier molecular flexibility index (Phi) is 3.81. The van der Waals surface area contributed by atoms with Crippen molar-refractivity contribution in [2.45, 2.75) is 25.8 Å². The number of likely N-dealkylation sites (tertiary alicyclic amines) is 1. The summed E-state index contributed by atoms with van der Waals surface area (Å²) in [6, 6.07) is 4.60. The molecule has 0 radical (unpaired) electrons. The van der Waals surface area contributed by atoms with E-state index >= 15 is 0 Å². The maximum absolute atomic E-state index is 5.43. The number of rotatable bonds is 3. The second-order valence-electron chi connectivity index (χ2n) is 4.89. The summed E-state index contributed by atoms with van der Waals surface area (Å²) in [4.78, 5) is 3.67. The van der Waals surface area contributed by atoms with Gasteiger partial charge in [0.2, 0.25) is 0 Å². The van der Waals surface area contributed by atoms with Gasteiger partial charge in [-0.15, -0.1) is 11.3 Å². The lowest BCUT2D eigenvalue weighted by Gasteiger charge is -2.32. The molecule has 4 nitrogen and oxygen atoms in total. The van der Waals surface area contributed by atoms with Crippen molar-refractivity contribution in [3.63, 3.8) is 0 Å². The van der Waals surface area contributed by atoms with Gasteiger partial charge in [-0.3, -0.25) is 9.67 Å². The van der Waals surface area contributed by atoms with Crippen LogP contribution in [0.25, 0.3) is 10.7 Å². The van der Waals surface area contributed by atoms with Gasteiger partial charge in [0.1, 0.15) is 0 Å². The van der Waals surface area contributed by atoms with Crippen LogP contribution in [0.5, 0.6) is 0 Å². The van der Waals surface area contributed by atoms with Gasteiger partial charge >= 0.3 is 0 Å². The zero-order valence-electron chi connectivity index (χ0n) is 11.0. The molecule has 0 aromatic carbocycles. The fourth-order valence-corrected chi connectivity index (χ4v) is 3.74. The monoisotopic (exact) mass is 294 g/mol. The molecule has 6 heteroatoms. The van der Waals surface area contributed by atoms with Crippen LogP contribution in [0.4, 0.5) is 0 Å². The van der Waals surface area contributed by atoms with Crippen LogP contribution in [0.1, 0.15) is 25.8 Å². The van der Waals surface area contributed by atoms with Gasteiger partial charge in [-0.1, -0.05) is 13.0 Å². The maximum atomic E-state index is 5.43. The van der Waals surface area contributed by atoms with Gasteiger partial charge in [0.25, 0.3) is 0 Å². The molecule has 1 N–H and O–H groups in total. The number of likely N-dealkylation sites (N-methyl/N-ethyl adjacent to an activating group) is 1. The zero-order chi connectivity index (χ0) is 13.2. The third kappa shape index (κ3) is 2.52. The summed E-state index contributed by atoms with van der Waals surface area (Å²) in [5.74, 6) is 0.989. The van der Waals surface area contributed by atoms with Gasteiger partial charge in [-0.25, -0.2) is 0 Å². The molecule has 1 atom stereocenters. The van der Waals surface area contributed by atoms with E-state index in [1.165, 1.54) is 24.3 Å². The SMILES string of the molecule is CCN1CCCC(n2c(-c3cccs3)n[nH]c2=S)C1. The number of hydrogen-bond acceptors (Lipinski definition) is 4. The zero-order valence-corrected chi connectivity index (χ0v) is 12.6. The first-order valence-corrected chi connectivity index (χ1v) is 8.01. The molecule has 2 aromatic rings. The van der Waals surface area contributed by atoms with Crippen molar-refractivity contribution in [2.24, 2.45) is 0 Å². The molecule has 3 heterocycles. The van der Waals surface area contributed by atoms with Crippen molar-refractivity contribution >= 4 is 23.6 Å². The molecule has 0 amide bonds.